The number of esters is 1. The number of carboxylic acid groups (broad SMARTS) is 1. The topological polar surface area (TPSA) is 173 Å². The zero-order chi connectivity index (χ0) is 33.9. The number of aldehydes is 1. The van der Waals surface area contributed by atoms with Crippen LogP contribution in [-0.2, 0) is 41.7 Å². The standard InChI is InChI=1S/C34H42N4O8/c1-22(2)29(31(42)43)37-30(41)27(17-25-16-15-24-13-9-10-14-26(24)36-25)35-20-34(21-39,18-28(40)46-33(3,4)5)38-32(44)45-19-23-11-7-6-8-12-23/h6-16,21-22,27,29,35H,17-20H2,1-5H3,(H,37,41)(H,38,44)(H,42,43)/t27-,29-,34+/m0/s1. The van der Waals surface area contributed by atoms with Crippen LogP contribution in [0.1, 0.15) is 52.3 Å². The number of amides is 2. The first-order chi connectivity index (χ1) is 21.7. The molecule has 1 heterocycles. The summed E-state index contributed by atoms with van der Waals surface area (Å²) in [4.78, 5) is 68.6. The van der Waals surface area contributed by atoms with Crippen LogP contribution in [0.5, 0.6) is 0 Å². The van der Waals surface area contributed by atoms with Gasteiger partial charge in [-0.3, -0.25) is 14.6 Å². The van der Waals surface area contributed by atoms with E-state index in [2.05, 4.69) is 20.9 Å². The highest BCUT2D eigenvalue weighted by Gasteiger charge is 2.38. The van der Waals surface area contributed by atoms with E-state index in [9.17, 15) is 29.1 Å². The highest BCUT2D eigenvalue weighted by molar-refractivity contribution is 5.88. The van der Waals surface area contributed by atoms with E-state index in [1.54, 1.807) is 65.0 Å². The number of rotatable bonds is 15. The van der Waals surface area contributed by atoms with Crippen molar-refractivity contribution in [1.82, 2.24) is 20.9 Å². The van der Waals surface area contributed by atoms with Crippen LogP contribution in [0.4, 0.5) is 4.79 Å². The number of hydrogen-bond donors (Lipinski definition) is 4. The van der Waals surface area contributed by atoms with Crippen LogP contribution in [0.25, 0.3) is 10.9 Å². The van der Waals surface area contributed by atoms with E-state index in [1.807, 2.05) is 36.4 Å². The number of carbonyl (C=O) groups excluding carboxylic acids is 4. The van der Waals surface area contributed by atoms with Gasteiger partial charge in [0.1, 0.15) is 30.1 Å². The van der Waals surface area contributed by atoms with Crippen LogP contribution >= 0.6 is 0 Å². The predicted octanol–water partition coefficient (Wildman–Crippen LogP) is 3.56. The van der Waals surface area contributed by atoms with Gasteiger partial charge in [0.05, 0.1) is 18.0 Å². The number of pyridine rings is 1. The molecule has 0 spiro atoms. The minimum absolute atomic E-state index is 0.000923. The van der Waals surface area contributed by atoms with Gasteiger partial charge in [-0.1, -0.05) is 68.4 Å². The van der Waals surface area contributed by atoms with Crippen molar-refractivity contribution in [3.8, 4) is 0 Å². The Kier molecular flexibility index (Phi) is 12.3. The maximum absolute atomic E-state index is 13.6. The molecule has 12 heteroatoms. The Hall–Kier alpha value is -4.84. The lowest BCUT2D eigenvalue weighted by Gasteiger charge is -2.32. The molecular formula is C34H42N4O8. The number of nitrogens with zero attached hydrogens (tertiary/aromatic N) is 1. The molecule has 246 valence electrons. The first-order valence-electron chi connectivity index (χ1n) is 15.0. The van der Waals surface area contributed by atoms with Gasteiger partial charge in [0.15, 0.2) is 0 Å². The van der Waals surface area contributed by atoms with Crippen molar-refractivity contribution in [3.63, 3.8) is 0 Å². The average molecular weight is 635 g/mol. The van der Waals surface area contributed by atoms with E-state index < -0.39 is 66.0 Å². The summed E-state index contributed by atoms with van der Waals surface area (Å²) in [5.74, 6) is -3.07. The van der Waals surface area contributed by atoms with E-state index in [0.29, 0.717) is 23.1 Å². The average Bonchev–Trinajstić information content (AvgIpc) is 2.99. The van der Waals surface area contributed by atoms with Crippen LogP contribution in [0.15, 0.2) is 66.7 Å². The molecule has 3 rings (SSSR count). The number of carbonyl (C=O) groups is 5. The van der Waals surface area contributed by atoms with Crippen molar-refractivity contribution in [1.29, 1.82) is 0 Å². The van der Waals surface area contributed by atoms with Gasteiger partial charge in [0, 0.05) is 24.0 Å². The normalized spacial score (nSPS) is 14.0. The zero-order valence-corrected chi connectivity index (χ0v) is 26.7. The van der Waals surface area contributed by atoms with E-state index in [0.717, 1.165) is 5.39 Å². The smallest absolute Gasteiger partial charge is 0.408 e. The fraction of sp³-hybridized carbons (Fsp3) is 0.412. The Bertz CT molecular complexity index is 1520. The molecule has 0 saturated heterocycles. The molecular weight excluding hydrogens is 592 g/mol. The third-order valence-electron chi connectivity index (χ3n) is 6.95. The summed E-state index contributed by atoms with van der Waals surface area (Å²) in [6.45, 7) is 7.83. The Balaban J connectivity index is 1.90. The quantitative estimate of drug-likeness (QED) is 0.143. The Morgan fingerprint density at radius 1 is 0.957 bits per heavy atom. The lowest BCUT2D eigenvalue weighted by molar-refractivity contribution is -0.157. The molecule has 0 fully saturated rings. The van der Waals surface area contributed by atoms with Gasteiger partial charge in [-0.2, -0.15) is 0 Å². The molecule has 0 unspecified atom stereocenters. The third-order valence-corrected chi connectivity index (χ3v) is 6.95. The number of nitrogens with one attached hydrogen (secondary N) is 3. The molecule has 0 bridgehead atoms. The molecule has 0 aliphatic rings. The summed E-state index contributed by atoms with van der Waals surface area (Å²) >= 11 is 0. The fourth-order valence-electron chi connectivity index (χ4n) is 4.62. The second-order valence-electron chi connectivity index (χ2n) is 12.4. The van der Waals surface area contributed by atoms with Gasteiger partial charge in [-0.05, 0) is 44.4 Å². The Morgan fingerprint density at radius 2 is 1.63 bits per heavy atom. The van der Waals surface area contributed by atoms with Gasteiger partial charge in [0.2, 0.25) is 5.91 Å². The molecule has 4 N–H and O–H groups in total. The van der Waals surface area contributed by atoms with Crippen LogP contribution in [0.2, 0.25) is 0 Å². The molecule has 0 aliphatic carbocycles. The number of fused-ring (bicyclic) bond motifs is 1. The summed E-state index contributed by atoms with van der Waals surface area (Å²) in [5, 5.41) is 18.6. The number of hydrogen-bond acceptors (Lipinski definition) is 9. The maximum atomic E-state index is 13.6. The van der Waals surface area contributed by atoms with Crippen LogP contribution < -0.4 is 16.0 Å². The molecule has 0 aliphatic heterocycles. The summed E-state index contributed by atoms with van der Waals surface area (Å²) in [6.07, 6.45) is -1.15. The maximum Gasteiger partial charge on any atom is 0.408 e. The Morgan fingerprint density at radius 3 is 2.26 bits per heavy atom. The number of aliphatic carboxylic acids is 1. The molecule has 0 saturated carbocycles. The van der Waals surface area contributed by atoms with Gasteiger partial charge < -0.3 is 35.3 Å². The van der Waals surface area contributed by atoms with Crippen molar-refractivity contribution in [3.05, 3.63) is 78.0 Å². The molecule has 12 nitrogen and oxygen atoms in total. The van der Waals surface area contributed by atoms with Crippen molar-refractivity contribution in [2.75, 3.05) is 6.54 Å². The van der Waals surface area contributed by atoms with Crippen molar-refractivity contribution < 1.29 is 38.6 Å². The molecule has 3 aromatic rings. The third kappa shape index (κ3) is 11.0. The predicted molar refractivity (Wildman–Crippen MR) is 171 cm³/mol. The monoisotopic (exact) mass is 634 g/mol. The molecule has 2 amide bonds. The van der Waals surface area contributed by atoms with E-state index in [4.69, 9.17) is 9.47 Å². The number of alkyl carbamates (subject to hydrolysis) is 1. The first-order valence-corrected chi connectivity index (χ1v) is 15.0. The largest absolute Gasteiger partial charge is 0.480 e. The second-order valence-corrected chi connectivity index (χ2v) is 12.4. The fourth-order valence-corrected chi connectivity index (χ4v) is 4.62. The summed E-state index contributed by atoms with van der Waals surface area (Å²) in [6, 6.07) is 17.6. The SMILES string of the molecule is CC(C)[C@H](NC(=O)[C@H](Cc1ccc2ccccc2n1)NC[C@@](C=O)(CC(=O)OC(C)(C)C)NC(=O)OCc1ccccc1)C(=O)O. The summed E-state index contributed by atoms with van der Waals surface area (Å²) in [5.41, 5.74) is -0.853. The number of para-hydroxylation sites is 1. The Labute approximate surface area is 268 Å². The van der Waals surface area contributed by atoms with Gasteiger partial charge >= 0.3 is 18.0 Å². The van der Waals surface area contributed by atoms with E-state index in [1.165, 1.54) is 0 Å². The van der Waals surface area contributed by atoms with Gasteiger partial charge in [-0.25, -0.2) is 9.59 Å². The highest BCUT2D eigenvalue weighted by Crippen LogP contribution is 2.17. The molecule has 1 aromatic heterocycles. The number of carboxylic acids is 1. The second kappa shape index (κ2) is 15.9. The highest BCUT2D eigenvalue weighted by atomic mass is 16.6. The lowest BCUT2D eigenvalue weighted by atomic mass is 9.95. The van der Waals surface area contributed by atoms with Gasteiger partial charge in [0.25, 0.3) is 0 Å². The van der Waals surface area contributed by atoms with Crippen molar-refractivity contribution >= 4 is 41.1 Å². The lowest BCUT2D eigenvalue weighted by Crippen LogP contribution is -2.61. The molecule has 0 radical (unpaired) electrons. The van der Waals surface area contributed by atoms with Crippen LogP contribution in [0.3, 0.4) is 0 Å². The minimum Gasteiger partial charge on any atom is -0.480 e. The summed E-state index contributed by atoms with van der Waals surface area (Å²) in [7, 11) is 0. The van der Waals surface area contributed by atoms with E-state index >= 15 is 0 Å². The number of ether oxygens (including phenoxy) is 2. The van der Waals surface area contributed by atoms with E-state index in [-0.39, 0.29) is 13.0 Å². The number of benzene rings is 2. The van der Waals surface area contributed by atoms with Crippen molar-refractivity contribution in [2.24, 2.45) is 5.92 Å². The first kappa shape index (κ1) is 35.6. The molecule has 2 aromatic carbocycles. The van der Waals surface area contributed by atoms with Crippen LogP contribution in [0, 0.1) is 5.92 Å². The zero-order valence-electron chi connectivity index (χ0n) is 26.7. The minimum atomic E-state index is -1.89. The summed E-state index contributed by atoms with van der Waals surface area (Å²) < 4.78 is 10.8. The molecule has 46 heavy (non-hydrogen) atoms. The van der Waals surface area contributed by atoms with Crippen molar-refractivity contribution in [2.45, 2.75) is 77.3 Å². The molecule has 3 atom stereocenters. The van der Waals surface area contributed by atoms with Crippen LogP contribution in [-0.4, -0.2) is 70.1 Å². The van der Waals surface area contributed by atoms with Gasteiger partial charge in [-0.15, -0.1) is 0 Å². The number of aromatic nitrogens is 1.